The Kier molecular flexibility index (Phi) is 14.5. The van der Waals surface area contributed by atoms with Gasteiger partial charge >= 0.3 is 0 Å². The molecular weight excluding hydrogens is 285 g/mol. The normalized spacial score (nSPS) is 16.3. The van der Waals surface area contributed by atoms with E-state index in [0.717, 1.165) is 26.1 Å². The number of hydrogen-bond acceptors (Lipinski definition) is 3. The van der Waals surface area contributed by atoms with E-state index in [-0.39, 0.29) is 30.7 Å². The summed E-state index contributed by atoms with van der Waals surface area (Å²) in [7, 11) is 1.91. The van der Waals surface area contributed by atoms with Gasteiger partial charge in [-0.15, -0.1) is 24.8 Å². The maximum absolute atomic E-state index is 11.5. The van der Waals surface area contributed by atoms with Crippen LogP contribution in [0.1, 0.15) is 32.6 Å². The monoisotopic (exact) mass is 313 g/mol. The topological polar surface area (TPSA) is 44.4 Å². The van der Waals surface area contributed by atoms with Crippen molar-refractivity contribution in [3.63, 3.8) is 0 Å². The molecule has 1 saturated heterocycles. The number of carbonyl (C=O) groups is 1. The molecule has 1 aliphatic rings. The van der Waals surface area contributed by atoms with Crippen molar-refractivity contribution < 1.29 is 4.79 Å². The molecule has 0 spiro atoms. The van der Waals surface area contributed by atoms with Crippen molar-refractivity contribution in [2.45, 2.75) is 32.6 Å². The van der Waals surface area contributed by atoms with Crippen LogP contribution in [-0.4, -0.2) is 50.6 Å². The summed E-state index contributed by atoms with van der Waals surface area (Å²) in [6.07, 6.45) is 4.23. The largest absolute Gasteiger partial charge is 0.356 e. The van der Waals surface area contributed by atoms with E-state index in [2.05, 4.69) is 22.5 Å². The first-order chi connectivity index (χ1) is 8.22. The van der Waals surface area contributed by atoms with E-state index >= 15 is 0 Å². The lowest BCUT2D eigenvalue weighted by atomic mass is 10.1. The van der Waals surface area contributed by atoms with Gasteiger partial charge in [0.05, 0.1) is 0 Å². The molecule has 0 saturated carbocycles. The van der Waals surface area contributed by atoms with Gasteiger partial charge in [0.2, 0.25) is 5.91 Å². The van der Waals surface area contributed by atoms with E-state index < -0.39 is 0 Å². The fraction of sp³-hybridized carbons (Fsp3) is 0.923. The third kappa shape index (κ3) is 10.4. The number of carbonyl (C=O) groups excluding carboxylic acids is 1. The van der Waals surface area contributed by atoms with Crippen LogP contribution in [0.3, 0.4) is 0 Å². The van der Waals surface area contributed by atoms with Crippen molar-refractivity contribution in [2.24, 2.45) is 5.92 Å². The molecule has 0 radical (unpaired) electrons. The van der Waals surface area contributed by atoms with Crippen molar-refractivity contribution in [3.05, 3.63) is 0 Å². The second-order valence-electron chi connectivity index (χ2n) is 5.12. The quantitative estimate of drug-likeness (QED) is 0.670. The second kappa shape index (κ2) is 13.0. The number of nitrogens with zero attached hydrogens (tertiary/aromatic N) is 1. The van der Waals surface area contributed by atoms with E-state index in [1.54, 1.807) is 0 Å². The highest BCUT2D eigenvalue weighted by Gasteiger charge is 2.14. The number of hydrogen-bond donors (Lipinski definition) is 2. The van der Waals surface area contributed by atoms with E-state index in [4.69, 9.17) is 0 Å². The van der Waals surface area contributed by atoms with Gasteiger partial charge in [-0.2, -0.15) is 0 Å². The molecule has 2 N–H and O–H groups in total. The van der Waals surface area contributed by atoms with Crippen molar-refractivity contribution in [3.8, 4) is 0 Å². The molecular formula is C13H29Cl2N3O. The van der Waals surface area contributed by atoms with E-state index in [0.29, 0.717) is 12.3 Å². The summed E-state index contributed by atoms with van der Waals surface area (Å²) in [5.41, 5.74) is 0. The SMILES string of the molecule is CNCCCC(=O)NCC(C)CN1CCCC1.Cl.Cl. The summed E-state index contributed by atoms with van der Waals surface area (Å²) in [6.45, 7) is 7.54. The molecule has 116 valence electrons. The van der Waals surface area contributed by atoms with Gasteiger partial charge < -0.3 is 15.5 Å². The summed E-state index contributed by atoms with van der Waals surface area (Å²) in [5.74, 6) is 0.745. The first-order valence-corrected chi connectivity index (χ1v) is 6.86. The van der Waals surface area contributed by atoms with Gasteiger partial charge in [0, 0.05) is 19.5 Å². The minimum atomic E-state index is 0. The van der Waals surface area contributed by atoms with Crippen LogP contribution in [0.15, 0.2) is 0 Å². The summed E-state index contributed by atoms with van der Waals surface area (Å²) in [5, 5.41) is 6.07. The molecule has 0 aliphatic carbocycles. The molecule has 1 heterocycles. The molecule has 1 rings (SSSR count). The first-order valence-electron chi connectivity index (χ1n) is 6.86. The highest BCUT2D eigenvalue weighted by Crippen LogP contribution is 2.09. The lowest BCUT2D eigenvalue weighted by Crippen LogP contribution is -2.34. The highest BCUT2D eigenvalue weighted by molar-refractivity contribution is 5.85. The molecule has 0 aromatic rings. The molecule has 1 atom stereocenters. The third-order valence-electron chi connectivity index (χ3n) is 3.25. The third-order valence-corrected chi connectivity index (χ3v) is 3.25. The van der Waals surface area contributed by atoms with Crippen LogP contribution in [0.25, 0.3) is 0 Å². The average Bonchev–Trinajstić information content (AvgIpc) is 2.79. The van der Waals surface area contributed by atoms with Crippen molar-refractivity contribution >= 4 is 30.7 Å². The molecule has 1 fully saturated rings. The van der Waals surface area contributed by atoms with Gasteiger partial charge in [-0.05, 0) is 51.9 Å². The second-order valence-corrected chi connectivity index (χ2v) is 5.12. The Bertz CT molecular complexity index is 224. The summed E-state index contributed by atoms with van der Waals surface area (Å²) in [4.78, 5) is 14.0. The van der Waals surface area contributed by atoms with Crippen LogP contribution in [0.4, 0.5) is 0 Å². The fourth-order valence-corrected chi connectivity index (χ4v) is 2.27. The number of nitrogens with one attached hydrogen (secondary N) is 2. The molecule has 1 amide bonds. The molecule has 0 bridgehead atoms. The molecule has 1 unspecified atom stereocenters. The van der Waals surface area contributed by atoms with Crippen LogP contribution in [-0.2, 0) is 4.79 Å². The number of likely N-dealkylation sites (tertiary alicyclic amines) is 1. The van der Waals surface area contributed by atoms with Crippen LogP contribution >= 0.6 is 24.8 Å². The Morgan fingerprint density at radius 3 is 2.47 bits per heavy atom. The maximum atomic E-state index is 11.5. The van der Waals surface area contributed by atoms with E-state index in [9.17, 15) is 4.79 Å². The standard InChI is InChI=1S/C13H27N3O.2ClH/c1-12(11-16-8-3-4-9-16)10-15-13(17)6-5-7-14-2;;/h12,14H,3-11H2,1-2H3,(H,15,17);2*1H. The molecule has 19 heavy (non-hydrogen) atoms. The molecule has 0 aromatic carbocycles. The van der Waals surface area contributed by atoms with Gasteiger partial charge in [0.1, 0.15) is 0 Å². The smallest absolute Gasteiger partial charge is 0.220 e. The zero-order valence-corrected chi connectivity index (χ0v) is 13.7. The fourth-order valence-electron chi connectivity index (χ4n) is 2.27. The highest BCUT2D eigenvalue weighted by atomic mass is 35.5. The van der Waals surface area contributed by atoms with Gasteiger partial charge in [0.15, 0.2) is 0 Å². The average molecular weight is 314 g/mol. The number of rotatable bonds is 8. The number of amides is 1. The molecule has 0 aromatic heterocycles. The summed E-state index contributed by atoms with van der Waals surface area (Å²) >= 11 is 0. The molecule has 4 nitrogen and oxygen atoms in total. The zero-order chi connectivity index (χ0) is 12.5. The van der Waals surface area contributed by atoms with Gasteiger partial charge in [-0.1, -0.05) is 6.92 Å². The minimum Gasteiger partial charge on any atom is -0.356 e. The Balaban J connectivity index is 0. The summed E-state index contributed by atoms with van der Waals surface area (Å²) in [6, 6.07) is 0. The van der Waals surface area contributed by atoms with E-state index in [1.807, 2.05) is 7.05 Å². The minimum absolute atomic E-state index is 0. The molecule has 6 heteroatoms. The summed E-state index contributed by atoms with van der Waals surface area (Å²) < 4.78 is 0. The maximum Gasteiger partial charge on any atom is 0.220 e. The van der Waals surface area contributed by atoms with Crippen molar-refractivity contribution in [2.75, 3.05) is 39.8 Å². The lowest BCUT2D eigenvalue weighted by molar-refractivity contribution is -0.121. The Labute approximate surface area is 129 Å². The van der Waals surface area contributed by atoms with Crippen LogP contribution in [0.2, 0.25) is 0 Å². The Morgan fingerprint density at radius 2 is 1.89 bits per heavy atom. The predicted octanol–water partition coefficient (Wildman–Crippen LogP) is 1.68. The van der Waals surface area contributed by atoms with Crippen molar-refractivity contribution in [1.82, 2.24) is 15.5 Å². The Morgan fingerprint density at radius 1 is 1.26 bits per heavy atom. The van der Waals surface area contributed by atoms with Gasteiger partial charge in [-0.25, -0.2) is 0 Å². The van der Waals surface area contributed by atoms with Crippen LogP contribution in [0.5, 0.6) is 0 Å². The lowest BCUT2D eigenvalue weighted by Gasteiger charge is -2.20. The zero-order valence-electron chi connectivity index (χ0n) is 12.1. The van der Waals surface area contributed by atoms with Crippen LogP contribution in [0, 0.1) is 5.92 Å². The van der Waals surface area contributed by atoms with Crippen LogP contribution < -0.4 is 10.6 Å². The predicted molar refractivity (Wildman–Crippen MR) is 85.5 cm³/mol. The van der Waals surface area contributed by atoms with Gasteiger partial charge in [-0.3, -0.25) is 4.79 Å². The van der Waals surface area contributed by atoms with E-state index in [1.165, 1.54) is 25.9 Å². The Hall–Kier alpha value is -0.0300. The van der Waals surface area contributed by atoms with Gasteiger partial charge in [0.25, 0.3) is 0 Å². The number of halogens is 2. The molecule has 1 aliphatic heterocycles. The van der Waals surface area contributed by atoms with Crippen molar-refractivity contribution in [1.29, 1.82) is 0 Å². The first kappa shape index (κ1) is 21.3.